The summed E-state index contributed by atoms with van der Waals surface area (Å²) in [5.74, 6) is 0.119. The number of hydrogen-bond acceptors (Lipinski definition) is 3. The van der Waals surface area contributed by atoms with Gasteiger partial charge in [0.1, 0.15) is 11.9 Å². The third-order valence-corrected chi connectivity index (χ3v) is 3.19. The van der Waals surface area contributed by atoms with E-state index in [2.05, 4.69) is 4.98 Å². The highest BCUT2D eigenvalue weighted by Crippen LogP contribution is 2.37. The molecule has 0 bridgehead atoms. The Hall–Kier alpha value is -1.22. The van der Waals surface area contributed by atoms with Crippen LogP contribution in [0.2, 0.25) is 0 Å². The highest BCUT2D eigenvalue weighted by atomic mass is 16.3. The first kappa shape index (κ1) is 10.3. The molecule has 1 N–H and O–H groups in total. The van der Waals surface area contributed by atoms with Gasteiger partial charge in [0.2, 0.25) is 0 Å². The summed E-state index contributed by atoms with van der Waals surface area (Å²) in [6.45, 7) is 0. The minimum absolute atomic E-state index is 0.119. The van der Waals surface area contributed by atoms with Gasteiger partial charge >= 0.3 is 0 Å². The maximum Gasteiger partial charge on any atom is 0.123 e. The molecule has 15 heavy (non-hydrogen) atoms. The van der Waals surface area contributed by atoms with Gasteiger partial charge in [-0.05, 0) is 37.8 Å². The quantitative estimate of drug-likeness (QED) is 0.747. The zero-order valence-corrected chi connectivity index (χ0v) is 8.60. The monoisotopic (exact) mass is 205 g/mol. The molecule has 3 heteroatoms. The van der Waals surface area contributed by atoms with Gasteiger partial charge in [-0.15, -0.1) is 0 Å². The predicted molar refractivity (Wildman–Crippen MR) is 56.2 cm³/mol. The van der Waals surface area contributed by atoms with E-state index in [0.717, 1.165) is 24.8 Å². The average Bonchev–Trinajstić information content (AvgIpc) is 2.31. The summed E-state index contributed by atoms with van der Waals surface area (Å²) < 4.78 is 0. The van der Waals surface area contributed by atoms with E-state index in [0.29, 0.717) is 12.8 Å². The molecule has 2 rings (SSSR count). The van der Waals surface area contributed by atoms with Gasteiger partial charge in [0.25, 0.3) is 0 Å². The van der Waals surface area contributed by atoms with Crippen LogP contribution in [0.15, 0.2) is 24.4 Å². The third-order valence-electron chi connectivity index (χ3n) is 3.19. The lowest BCUT2D eigenvalue weighted by Gasteiger charge is -2.33. The van der Waals surface area contributed by atoms with Gasteiger partial charge in [-0.3, -0.25) is 4.98 Å². The Morgan fingerprint density at radius 1 is 1.40 bits per heavy atom. The normalized spacial score (nSPS) is 31.1. The lowest BCUT2D eigenvalue weighted by atomic mass is 9.77. The van der Waals surface area contributed by atoms with Gasteiger partial charge in [0, 0.05) is 12.1 Å². The van der Waals surface area contributed by atoms with Crippen molar-refractivity contribution in [2.24, 2.45) is 5.92 Å². The molecule has 1 aliphatic carbocycles. The summed E-state index contributed by atoms with van der Waals surface area (Å²) >= 11 is 0. The number of rotatable bonds is 2. The third kappa shape index (κ3) is 2.07. The summed E-state index contributed by atoms with van der Waals surface area (Å²) in [5.41, 5.74) is -0.0878. The Bertz CT molecular complexity index is 329. The van der Waals surface area contributed by atoms with Crippen LogP contribution in [-0.2, 0) is 10.4 Å². The molecule has 1 aromatic heterocycles. The van der Waals surface area contributed by atoms with Crippen molar-refractivity contribution in [3.8, 4) is 0 Å². The van der Waals surface area contributed by atoms with Gasteiger partial charge in [0.05, 0.1) is 5.69 Å². The van der Waals surface area contributed by atoms with Crippen LogP contribution >= 0.6 is 0 Å². The number of nitrogens with zero attached hydrogens (tertiary/aromatic N) is 1. The topological polar surface area (TPSA) is 50.2 Å². The Morgan fingerprint density at radius 2 is 2.13 bits per heavy atom. The van der Waals surface area contributed by atoms with Crippen molar-refractivity contribution >= 4 is 6.29 Å². The van der Waals surface area contributed by atoms with Crippen LogP contribution in [-0.4, -0.2) is 16.4 Å². The molecule has 1 aliphatic rings. The Balaban J connectivity index is 2.13. The molecule has 0 spiro atoms. The molecule has 0 amide bonds. The molecule has 1 heterocycles. The standard InChI is InChI=1S/C12H15NO2/c14-9-10-4-6-12(15,7-5-10)11-3-1-2-8-13-11/h1-3,8-10,15H,4-7H2. The molecule has 1 aromatic rings. The van der Waals surface area contributed by atoms with Crippen LogP contribution in [0, 0.1) is 5.92 Å². The molecule has 1 fully saturated rings. The van der Waals surface area contributed by atoms with E-state index in [-0.39, 0.29) is 5.92 Å². The van der Waals surface area contributed by atoms with E-state index < -0.39 is 5.60 Å². The zero-order chi connectivity index (χ0) is 10.7. The van der Waals surface area contributed by atoms with Crippen molar-refractivity contribution in [1.29, 1.82) is 0 Å². The fourth-order valence-corrected chi connectivity index (χ4v) is 2.15. The average molecular weight is 205 g/mol. The highest BCUT2D eigenvalue weighted by Gasteiger charge is 2.35. The molecule has 0 radical (unpaired) electrons. The molecule has 1 saturated carbocycles. The van der Waals surface area contributed by atoms with Crippen molar-refractivity contribution in [3.05, 3.63) is 30.1 Å². The summed E-state index contributed by atoms with van der Waals surface area (Å²) in [5, 5.41) is 10.4. The van der Waals surface area contributed by atoms with Crippen LogP contribution < -0.4 is 0 Å². The van der Waals surface area contributed by atoms with Crippen LogP contribution in [0.5, 0.6) is 0 Å². The number of aromatic nitrogens is 1. The van der Waals surface area contributed by atoms with E-state index in [9.17, 15) is 9.90 Å². The van der Waals surface area contributed by atoms with Crippen LogP contribution in [0.25, 0.3) is 0 Å². The first-order valence-electron chi connectivity index (χ1n) is 5.34. The van der Waals surface area contributed by atoms with Gasteiger partial charge < -0.3 is 9.90 Å². The van der Waals surface area contributed by atoms with Gasteiger partial charge in [-0.1, -0.05) is 6.07 Å². The molecule has 0 aromatic carbocycles. The second kappa shape index (κ2) is 4.11. The first-order chi connectivity index (χ1) is 7.24. The Kier molecular flexibility index (Phi) is 2.82. The largest absolute Gasteiger partial charge is 0.384 e. The minimum Gasteiger partial charge on any atom is -0.384 e. The molecule has 0 saturated heterocycles. The minimum atomic E-state index is -0.819. The summed E-state index contributed by atoms with van der Waals surface area (Å²) in [6.07, 6.45) is 5.48. The molecule has 0 aliphatic heterocycles. The van der Waals surface area contributed by atoms with Crippen LogP contribution in [0.4, 0.5) is 0 Å². The van der Waals surface area contributed by atoms with E-state index >= 15 is 0 Å². The fraction of sp³-hybridized carbons (Fsp3) is 0.500. The van der Waals surface area contributed by atoms with Crippen molar-refractivity contribution < 1.29 is 9.90 Å². The summed E-state index contributed by atoms with van der Waals surface area (Å²) in [7, 11) is 0. The zero-order valence-electron chi connectivity index (χ0n) is 8.60. The maximum absolute atomic E-state index is 10.6. The lowest BCUT2D eigenvalue weighted by Crippen LogP contribution is -2.32. The van der Waals surface area contributed by atoms with Crippen molar-refractivity contribution in [2.75, 3.05) is 0 Å². The molecule has 3 nitrogen and oxygen atoms in total. The van der Waals surface area contributed by atoms with E-state index in [1.54, 1.807) is 6.20 Å². The smallest absolute Gasteiger partial charge is 0.123 e. The number of hydrogen-bond donors (Lipinski definition) is 1. The fourth-order valence-electron chi connectivity index (χ4n) is 2.15. The second-order valence-electron chi connectivity index (χ2n) is 4.22. The van der Waals surface area contributed by atoms with Crippen molar-refractivity contribution in [3.63, 3.8) is 0 Å². The highest BCUT2D eigenvalue weighted by molar-refractivity contribution is 5.53. The Morgan fingerprint density at radius 3 is 2.67 bits per heavy atom. The first-order valence-corrected chi connectivity index (χ1v) is 5.34. The molecular formula is C12H15NO2. The summed E-state index contributed by atoms with van der Waals surface area (Å²) in [6, 6.07) is 5.57. The van der Waals surface area contributed by atoms with E-state index in [1.807, 2.05) is 18.2 Å². The summed E-state index contributed by atoms with van der Waals surface area (Å²) in [4.78, 5) is 14.8. The number of aliphatic hydroxyl groups is 1. The van der Waals surface area contributed by atoms with E-state index in [4.69, 9.17) is 0 Å². The SMILES string of the molecule is O=CC1CCC(O)(c2ccccn2)CC1. The van der Waals surface area contributed by atoms with Gasteiger partial charge in [-0.25, -0.2) is 0 Å². The Labute approximate surface area is 89.2 Å². The van der Waals surface area contributed by atoms with Crippen LogP contribution in [0.1, 0.15) is 31.4 Å². The number of aldehydes is 1. The predicted octanol–water partition coefficient (Wildman–Crippen LogP) is 1.66. The van der Waals surface area contributed by atoms with Crippen LogP contribution in [0.3, 0.4) is 0 Å². The van der Waals surface area contributed by atoms with Crippen molar-refractivity contribution in [1.82, 2.24) is 4.98 Å². The van der Waals surface area contributed by atoms with Gasteiger partial charge in [0.15, 0.2) is 0 Å². The number of carbonyl (C=O) groups is 1. The molecule has 80 valence electrons. The lowest BCUT2D eigenvalue weighted by molar-refractivity contribution is -0.114. The molecule has 0 unspecified atom stereocenters. The number of carbonyl (C=O) groups excluding carboxylic acids is 1. The van der Waals surface area contributed by atoms with Crippen molar-refractivity contribution in [2.45, 2.75) is 31.3 Å². The number of pyridine rings is 1. The molecular weight excluding hydrogens is 190 g/mol. The second-order valence-corrected chi connectivity index (χ2v) is 4.22. The van der Waals surface area contributed by atoms with Gasteiger partial charge in [-0.2, -0.15) is 0 Å². The maximum atomic E-state index is 10.6. The van der Waals surface area contributed by atoms with E-state index in [1.165, 1.54) is 0 Å². The molecule has 0 atom stereocenters.